The van der Waals surface area contributed by atoms with Gasteiger partial charge in [0.05, 0.1) is 7.18 Å². The minimum absolute atomic E-state index is 0.273. The van der Waals surface area contributed by atoms with Gasteiger partial charge in [0.25, 0.3) is 5.91 Å². The Kier molecular flexibility index (Phi) is 28.0. The van der Waals surface area contributed by atoms with Crippen molar-refractivity contribution in [2.75, 3.05) is 52.9 Å². The molecule has 0 atom stereocenters. The maximum Gasteiger partial charge on any atom is 0.253 e. The van der Waals surface area contributed by atoms with Gasteiger partial charge in [-0.05, 0) is 75.9 Å². The maximum absolute atomic E-state index is 14.0. The van der Waals surface area contributed by atoms with E-state index >= 15 is 0 Å². The number of amidine groups is 1. The molecule has 0 aliphatic carbocycles. The largest absolute Gasteiger partial charge is 0.378 e. The van der Waals surface area contributed by atoms with Crippen LogP contribution in [0.5, 0.6) is 0 Å². The summed E-state index contributed by atoms with van der Waals surface area (Å²) in [4.78, 5) is 23.7. The molecule has 2 aromatic carbocycles. The number of nitrogens with zero attached hydrogens (tertiary/aromatic N) is 4. The van der Waals surface area contributed by atoms with Gasteiger partial charge in [-0.1, -0.05) is 84.5 Å². The minimum Gasteiger partial charge on any atom is -0.378 e. The smallest absolute Gasteiger partial charge is 0.253 e. The van der Waals surface area contributed by atoms with E-state index in [-0.39, 0.29) is 5.91 Å². The fourth-order valence-electron chi connectivity index (χ4n) is 4.48. The molecule has 0 aromatic heterocycles. The number of hydrogen-bond donors (Lipinski definition) is 1. The second kappa shape index (κ2) is 27.8. The van der Waals surface area contributed by atoms with Crippen molar-refractivity contribution in [2.45, 2.75) is 94.9 Å². The normalized spacial score (nSPS) is 10.7. The number of likely N-dealkylation sites (N-methyl/N-ethyl adjacent to an activating group) is 2. The lowest BCUT2D eigenvalue weighted by Gasteiger charge is -2.27. The first-order chi connectivity index (χ1) is 23.6. The zero-order valence-corrected chi connectivity index (χ0v) is 33.9. The monoisotopic (exact) mass is 704 g/mol. The summed E-state index contributed by atoms with van der Waals surface area (Å²) in [7, 11) is 6.19. The van der Waals surface area contributed by atoms with Crippen LogP contribution in [-0.4, -0.2) is 75.4 Å². The highest BCUT2D eigenvalue weighted by Crippen LogP contribution is 2.25. The molecule has 0 saturated heterocycles. The molecule has 0 aliphatic rings. The molecule has 0 aliphatic heterocycles. The molecule has 0 spiro atoms. The number of rotatable bonds is 14. The summed E-state index contributed by atoms with van der Waals surface area (Å²) in [5, 5.41) is 3.23. The highest BCUT2D eigenvalue weighted by molar-refractivity contribution is 5.96. The van der Waals surface area contributed by atoms with E-state index in [1.54, 1.807) is 30.3 Å². The Morgan fingerprint density at radius 2 is 1.44 bits per heavy atom. The maximum atomic E-state index is 14.0. The Hall–Kier alpha value is -4.01. The van der Waals surface area contributed by atoms with E-state index in [1.807, 2.05) is 119 Å². The number of alkyl halides is 3. The number of anilines is 1. The summed E-state index contributed by atoms with van der Waals surface area (Å²) in [5.74, 6) is -2.52. The molecule has 0 radical (unpaired) electrons. The van der Waals surface area contributed by atoms with Crippen molar-refractivity contribution in [1.82, 2.24) is 15.1 Å². The molecule has 0 fully saturated rings. The molecule has 0 bridgehead atoms. The van der Waals surface area contributed by atoms with Crippen molar-refractivity contribution < 1.29 is 18.0 Å². The van der Waals surface area contributed by atoms with E-state index in [1.165, 1.54) is 0 Å². The molecule has 0 heterocycles. The fourth-order valence-corrected chi connectivity index (χ4v) is 4.48. The van der Waals surface area contributed by atoms with E-state index in [0.29, 0.717) is 43.7 Å². The molecule has 0 saturated carbocycles. The summed E-state index contributed by atoms with van der Waals surface area (Å²) in [6.45, 7) is 30.6. The van der Waals surface area contributed by atoms with Gasteiger partial charge in [-0.3, -0.25) is 9.18 Å². The van der Waals surface area contributed by atoms with Crippen LogP contribution in [0.25, 0.3) is 5.70 Å². The lowest BCUT2D eigenvalue weighted by molar-refractivity contribution is 0.0224. The topological polar surface area (TPSA) is 51.2 Å². The molecule has 284 valence electrons. The SMILES string of the molecule is C=C(NC(C)=N/C=C(\C)Cc1ccc(CC(C)(F)F)c(C(=O)N(C)CCN(CC)C(=C)C)c1)c1ccc(N(C)C)cc1.CC.CC.CC.CF. The predicted octanol–water partition coefficient (Wildman–Crippen LogP) is 10.7. The van der Waals surface area contributed by atoms with E-state index in [9.17, 15) is 18.0 Å². The molecule has 1 amide bonds. The van der Waals surface area contributed by atoms with Crippen molar-refractivity contribution in [3.05, 3.63) is 95.3 Å². The van der Waals surface area contributed by atoms with Gasteiger partial charge < -0.3 is 20.0 Å². The summed E-state index contributed by atoms with van der Waals surface area (Å²) < 4.78 is 37.5. The lowest BCUT2D eigenvalue weighted by atomic mass is 9.95. The Morgan fingerprint density at radius 3 is 1.90 bits per heavy atom. The van der Waals surface area contributed by atoms with E-state index in [0.717, 1.165) is 47.2 Å². The molecule has 2 rings (SSSR count). The van der Waals surface area contributed by atoms with Gasteiger partial charge >= 0.3 is 0 Å². The van der Waals surface area contributed by atoms with Gasteiger partial charge in [-0.25, -0.2) is 13.8 Å². The zero-order chi connectivity index (χ0) is 39.6. The van der Waals surface area contributed by atoms with Crippen LogP contribution in [-0.2, 0) is 12.8 Å². The minimum atomic E-state index is -2.93. The van der Waals surface area contributed by atoms with E-state index < -0.39 is 12.3 Å². The second-order valence-corrected chi connectivity index (χ2v) is 11.2. The number of hydrogen-bond acceptors (Lipinski definition) is 4. The van der Waals surface area contributed by atoms with Crippen LogP contribution in [0, 0.1) is 0 Å². The number of aliphatic imine (C=N–C) groups is 1. The Bertz CT molecular complexity index is 1310. The first-order valence-electron chi connectivity index (χ1n) is 17.6. The lowest BCUT2D eigenvalue weighted by Crippen LogP contribution is -2.36. The summed E-state index contributed by atoms with van der Waals surface area (Å²) >= 11 is 0. The molecule has 1 N–H and O–H groups in total. The van der Waals surface area contributed by atoms with Gasteiger partial charge in [0, 0.05) is 76.0 Å². The molecule has 0 unspecified atom stereocenters. The number of allylic oxidation sites excluding steroid dienone is 2. The number of halogens is 3. The molecule has 2 aromatic rings. The van der Waals surface area contributed by atoms with Crippen molar-refractivity contribution in [3.63, 3.8) is 0 Å². The number of benzene rings is 2. The van der Waals surface area contributed by atoms with Crippen molar-refractivity contribution in [1.29, 1.82) is 0 Å². The Labute approximate surface area is 303 Å². The molecule has 9 heteroatoms. The number of nitrogens with one attached hydrogen (secondary N) is 1. The third kappa shape index (κ3) is 19.9. The van der Waals surface area contributed by atoms with Gasteiger partial charge in [-0.2, -0.15) is 0 Å². The van der Waals surface area contributed by atoms with Gasteiger partial charge in [-0.15, -0.1) is 0 Å². The summed E-state index contributed by atoms with van der Waals surface area (Å²) in [6, 6.07) is 13.3. The van der Waals surface area contributed by atoms with Crippen LogP contribution < -0.4 is 10.2 Å². The first kappa shape index (κ1) is 50.4. The zero-order valence-electron chi connectivity index (χ0n) is 33.9. The Morgan fingerprint density at radius 1 is 0.900 bits per heavy atom. The van der Waals surface area contributed by atoms with Crippen LogP contribution in [0.1, 0.15) is 103 Å². The van der Waals surface area contributed by atoms with Gasteiger partial charge in [0.2, 0.25) is 5.92 Å². The standard InChI is InChI=1S/C34H47F2N5O.3C2H6.CH3F/c1-11-41(24(2)3)19-18-40(10)33(42)32-21-28(12-13-30(32)22-34(7,35)36)20-25(4)23-37-27(6)38-26(5)29-14-16-31(17-15-29)39(8)9;4*1-2/h12-17,21,23H,2,5,11,18-20,22H2,1,3-4,6-10H3,(H,37,38);3*1-2H3;1H3/b25-23+;;;;. The van der Waals surface area contributed by atoms with Crippen molar-refractivity contribution in [3.8, 4) is 0 Å². The third-order valence-corrected chi connectivity index (χ3v) is 6.90. The molecular formula is C41H68F3N5O. The van der Waals surface area contributed by atoms with Crippen LogP contribution in [0.2, 0.25) is 0 Å². The predicted molar refractivity (Wildman–Crippen MR) is 214 cm³/mol. The highest BCUT2D eigenvalue weighted by Gasteiger charge is 2.26. The average Bonchev–Trinajstić information content (AvgIpc) is 3.10. The number of carbonyl (C=O) groups is 1. The fraction of sp³-hybridized carbons (Fsp3) is 0.512. The third-order valence-electron chi connectivity index (χ3n) is 6.90. The van der Waals surface area contributed by atoms with Crippen LogP contribution >= 0.6 is 0 Å². The first-order valence-corrected chi connectivity index (χ1v) is 17.6. The summed E-state index contributed by atoms with van der Waals surface area (Å²) in [5.41, 5.74) is 6.20. The highest BCUT2D eigenvalue weighted by atomic mass is 19.3. The van der Waals surface area contributed by atoms with Crippen molar-refractivity contribution in [2.24, 2.45) is 4.99 Å². The Balaban J connectivity index is -0.00000257. The van der Waals surface area contributed by atoms with E-state index in [4.69, 9.17) is 0 Å². The van der Waals surface area contributed by atoms with Gasteiger partial charge in [0.15, 0.2) is 0 Å². The number of carbonyl (C=O) groups excluding carboxylic acids is 1. The van der Waals surface area contributed by atoms with Crippen molar-refractivity contribution >= 4 is 23.1 Å². The molecular weight excluding hydrogens is 635 g/mol. The average molecular weight is 704 g/mol. The number of amides is 1. The van der Waals surface area contributed by atoms with Crippen LogP contribution in [0.15, 0.2) is 78.1 Å². The quantitative estimate of drug-likeness (QED) is 0.157. The molecule has 50 heavy (non-hydrogen) atoms. The van der Waals surface area contributed by atoms with Crippen LogP contribution in [0.3, 0.4) is 0 Å². The molecule has 6 nitrogen and oxygen atoms in total. The van der Waals surface area contributed by atoms with Crippen LogP contribution in [0.4, 0.5) is 18.9 Å². The second-order valence-electron chi connectivity index (χ2n) is 11.2. The summed E-state index contributed by atoms with van der Waals surface area (Å²) in [6.07, 6.45) is 1.79. The van der Waals surface area contributed by atoms with E-state index in [2.05, 4.69) is 28.4 Å². The van der Waals surface area contributed by atoms with Gasteiger partial charge in [0.1, 0.15) is 5.84 Å².